The highest BCUT2D eigenvalue weighted by molar-refractivity contribution is 5.33. The Balaban J connectivity index is 2.30. The van der Waals surface area contributed by atoms with Gasteiger partial charge in [0.05, 0.1) is 18.8 Å². The fraction of sp³-hybridized carbons (Fsp3) is 0.200. The topological polar surface area (TPSA) is 29.5 Å². The van der Waals surface area contributed by atoms with Crippen molar-refractivity contribution in [3.63, 3.8) is 0 Å². The van der Waals surface area contributed by atoms with Gasteiger partial charge < -0.3 is 9.84 Å². The first kappa shape index (κ1) is 14.4. The maximum absolute atomic E-state index is 13.8. The van der Waals surface area contributed by atoms with Gasteiger partial charge in [-0.2, -0.15) is 0 Å². The Kier molecular flexibility index (Phi) is 4.29. The molecule has 0 radical (unpaired) electrons. The van der Waals surface area contributed by atoms with Crippen molar-refractivity contribution < 1.29 is 23.0 Å². The fourth-order valence-electron chi connectivity index (χ4n) is 1.97. The number of halogens is 3. The number of benzene rings is 2. The lowest BCUT2D eigenvalue weighted by molar-refractivity contribution is 0.167. The molecule has 0 bridgehead atoms. The van der Waals surface area contributed by atoms with Crippen LogP contribution in [0.3, 0.4) is 0 Å². The van der Waals surface area contributed by atoms with Crippen molar-refractivity contribution in [2.24, 2.45) is 0 Å². The Bertz CT molecular complexity index is 591. The molecular formula is C15H13F3O2. The van der Waals surface area contributed by atoms with E-state index >= 15 is 0 Å². The van der Waals surface area contributed by atoms with Gasteiger partial charge in [-0.05, 0) is 11.6 Å². The summed E-state index contributed by atoms with van der Waals surface area (Å²) in [6.45, 7) is 0. The lowest BCUT2D eigenvalue weighted by atomic mass is 10.00. The van der Waals surface area contributed by atoms with Crippen LogP contribution in [-0.2, 0) is 6.42 Å². The van der Waals surface area contributed by atoms with Crippen molar-refractivity contribution in [3.8, 4) is 5.75 Å². The van der Waals surface area contributed by atoms with Crippen LogP contribution in [0.1, 0.15) is 17.2 Å². The van der Waals surface area contributed by atoms with Crippen LogP contribution in [0.2, 0.25) is 0 Å². The summed E-state index contributed by atoms with van der Waals surface area (Å²) >= 11 is 0. The molecule has 1 N–H and O–H groups in total. The third-order valence-electron chi connectivity index (χ3n) is 2.99. The Morgan fingerprint density at radius 3 is 2.20 bits per heavy atom. The van der Waals surface area contributed by atoms with Gasteiger partial charge in [-0.25, -0.2) is 13.2 Å². The molecule has 2 aromatic rings. The van der Waals surface area contributed by atoms with Crippen molar-refractivity contribution in [2.75, 3.05) is 7.11 Å². The molecule has 2 aromatic carbocycles. The Morgan fingerprint density at radius 2 is 1.65 bits per heavy atom. The van der Waals surface area contributed by atoms with E-state index < -0.39 is 29.1 Å². The van der Waals surface area contributed by atoms with Gasteiger partial charge in [0.2, 0.25) is 0 Å². The van der Waals surface area contributed by atoms with Gasteiger partial charge in [-0.15, -0.1) is 0 Å². The number of methoxy groups -OCH3 is 1. The van der Waals surface area contributed by atoms with Crippen LogP contribution in [-0.4, -0.2) is 12.2 Å². The average molecular weight is 282 g/mol. The minimum atomic E-state index is -1.47. The standard InChI is InChI=1S/C15H13F3O2/c1-20-10-7-12(17)15(13(18)8-10)14(19)6-9-4-2-3-5-11(9)16/h2-5,7-8,14,19H,6H2,1H3. The third kappa shape index (κ3) is 2.93. The quantitative estimate of drug-likeness (QED) is 0.931. The van der Waals surface area contributed by atoms with Crippen LogP contribution >= 0.6 is 0 Å². The zero-order valence-corrected chi connectivity index (χ0v) is 10.7. The molecule has 20 heavy (non-hydrogen) atoms. The van der Waals surface area contributed by atoms with Gasteiger partial charge in [-0.1, -0.05) is 18.2 Å². The van der Waals surface area contributed by atoms with E-state index in [1.165, 1.54) is 25.3 Å². The molecule has 2 nitrogen and oxygen atoms in total. The lowest BCUT2D eigenvalue weighted by Gasteiger charge is -2.14. The summed E-state index contributed by atoms with van der Waals surface area (Å²) in [6, 6.07) is 7.72. The molecule has 0 spiro atoms. The molecule has 0 fully saturated rings. The lowest BCUT2D eigenvalue weighted by Crippen LogP contribution is -2.08. The van der Waals surface area contributed by atoms with E-state index in [0.717, 1.165) is 12.1 Å². The molecule has 0 aromatic heterocycles. The highest BCUT2D eigenvalue weighted by Crippen LogP contribution is 2.28. The molecule has 0 aliphatic rings. The summed E-state index contributed by atoms with van der Waals surface area (Å²) < 4.78 is 45.7. The number of aliphatic hydroxyl groups is 1. The molecule has 0 aliphatic carbocycles. The van der Waals surface area contributed by atoms with Crippen molar-refractivity contribution in [2.45, 2.75) is 12.5 Å². The van der Waals surface area contributed by atoms with E-state index in [2.05, 4.69) is 0 Å². The van der Waals surface area contributed by atoms with Crippen molar-refractivity contribution in [1.82, 2.24) is 0 Å². The first-order valence-electron chi connectivity index (χ1n) is 5.97. The second-order valence-corrected chi connectivity index (χ2v) is 4.32. The normalized spacial score (nSPS) is 12.2. The van der Waals surface area contributed by atoms with Crippen LogP contribution in [0.15, 0.2) is 36.4 Å². The second-order valence-electron chi connectivity index (χ2n) is 4.32. The van der Waals surface area contributed by atoms with E-state index in [1.807, 2.05) is 0 Å². The van der Waals surface area contributed by atoms with Gasteiger partial charge in [0.15, 0.2) is 0 Å². The molecule has 106 valence electrons. The molecule has 0 saturated carbocycles. The van der Waals surface area contributed by atoms with Gasteiger partial charge in [0, 0.05) is 18.6 Å². The Labute approximate surface area is 114 Å². The summed E-state index contributed by atoms with van der Waals surface area (Å²) in [5, 5.41) is 9.94. The van der Waals surface area contributed by atoms with E-state index in [4.69, 9.17) is 4.74 Å². The molecule has 1 unspecified atom stereocenters. The van der Waals surface area contributed by atoms with Crippen LogP contribution in [0.5, 0.6) is 5.75 Å². The third-order valence-corrected chi connectivity index (χ3v) is 2.99. The minimum absolute atomic E-state index is 0.0156. The molecule has 0 saturated heterocycles. The largest absolute Gasteiger partial charge is 0.497 e. The highest BCUT2D eigenvalue weighted by Gasteiger charge is 2.21. The maximum Gasteiger partial charge on any atom is 0.135 e. The number of hydrogen-bond donors (Lipinski definition) is 1. The highest BCUT2D eigenvalue weighted by atomic mass is 19.1. The summed E-state index contributed by atoms with van der Waals surface area (Å²) in [5.74, 6) is -2.36. The van der Waals surface area contributed by atoms with Gasteiger partial charge >= 0.3 is 0 Å². The van der Waals surface area contributed by atoms with Gasteiger partial charge in [0.1, 0.15) is 23.2 Å². The number of ether oxygens (including phenoxy) is 1. The zero-order chi connectivity index (χ0) is 14.7. The fourth-order valence-corrected chi connectivity index (χ4v) is 1.97. The molecule has 5 heteroatoms. The Morgan fingerprint density at radius 1 is 1.05 bits per heavy atom. The van der Waals surface area contributed by atoms with Gasteiger partial charge in [0.25, 0.3) is 0 Å². The van der Waals surface area contributed by atoms with Crippen molar-refractivity contribution in [3.05, 3.63) is 65.0 Å². The molecule has 1 atom stereocenters. The van der Waals surface area contributed by atoms with Crippen LogP contribution < -0.4 is 4.74 Å². The predicted octanol–water partition coefficient (Wildman–Crippen LogP) is 3.39. The predicted molar refractivity (Wildman–Crippen MR) is 68.0 cm³/mol. The second kappa shape index (κ2) is 5.96. The molecule has 2 rings (SSSR count). The summed E-state index contributed by atoms with van der Waals surface area (Å²) in [4.78, 5) is 0. The minimum Gasteiger partial charge on any atom is -0.497 e. The van der Waals surface area contributed by atoms with Crippen molar-refractivity contribution in [1.29, 1.82) is 0 Å². The SMILES string of the molecule is COc1cc(F)c(C(O)Cc2ccccc2F)c(F)c1. The van der Waals surface area contributed by atoms with E-state index in [9.17, 15) is 18.3 Å². The number of aliphatic hydroxyl groups excluding tert-OH is 1. The van der Waals surface area contributed by atoms with E-state index in [0.29, 0.717) is 0 Å². The molecule has 0 aliphatic heterocycles. The summed E-state index contributed by atoms with van der Waals surface area (Å²) in [7, 11) is 1.28. The smallest absolute Gasteiger partial charge is 0.135 e. The first-order chi connectivity index (χ1) is 9.52. The summed E-state index contributed by atoms with van der Waals surface area (Å²) in [6.07, 6.45) is -1.69. The summed E-state index contributed by atoms with van der Waals surface area (Å²) in [5.41, 5.74) is -0.302. The zero-order valence-electron chi connectivity index (χ0n) is 10.7. The molecule has 0 amide bonds. The average Bonchev–Trinajstić information content (AvgIpc) is 2.40. The molecule has 0 heterocycles. The number of hydrogen-bond acceptors (Lipinski definition) is 2. The van der Waals surface area contributed by atoms with E-state index in [1.54, 1.807) is 6.07 Å². The first-order valence-corrected chi connectivity index (χ1v) is 5.97. The molecular weight excluding hydrogens is 269 g/mol. The maximum atomic E-state index is 13.8. The monoisotopic (exact) mass is 282 g/mol. The van der Waals surface area contributed by atoms with E-state index in [-0.39, 0.29) is 17.7 Å². The van der Waals surface area contributed by atoms with Crippen molar-refractivity contribution >= 4 is 0 Å². The Hall–Kier alpha value is -2.01. The van der Waals surface area contributed by atoms with Gasteiger partial charge in [-0.3, -0.25) is 0 Å². The van der Waals surface area contributed by atoms with Crippen LogP contribution in [0.25, 0.3) is 0 Å². The number of rotatable bonds is 4. The van der Waals surface area contributed by atoms with Crippen LogP contribution in [0, 0.1) is 17.5 Å². The van der Waals surface area contributed by atoms with Crippen LogP contribution in [0.4, 0.5) is 13.2 Å².